The van der Waals surface area contributed by atoms with Crippen molar-refractivity contribution >= 4 is 31.9 Å². The van der Waals surface area contributed by atoms with E-state index < -0.39 is 31.4 Å². The minimum Gasteiger partial charge on any atom is -0.306 e. The second kappa shape index (κ2) is 9.52. The van der Waals surface area contributed by atoms with Crippen LogP contribution in [0.4, 0.5) is 10.5 Å². The van der Waals surface area contributed by atoms with Gasteiger partial charge < -0.3 is 5.32 Å². The minimum absolute atomic E-state index is 0.0367. The van der Waals surface area contributed by atoms with E-state index in [9.17, 15) is 21.6 Å². The average Bonchev–Trinajstić information content (AvgIpc) is 2.62. The first kappa shape index (κ1) is 21.6. The molecule has 0 aromatic heterocycles. The molecule has 1 aliphatic carbocycles. The number of para-hydroxylation sites is 1. The molecule has 152 valence electrons. The first-order valence-corrected chi connectivity index (χ1v) is 12.0. The number of nitrogens with one attached hydrogen (secondary N) is 2. The van der Waals surface area contributed by atoms with Gasteiger partial charge in [0.15, 0.2) is 0 Å². The van der Waals surface area contributed by atoms with Crippen LogP contribution in [-0.2, 0) is 24.3 Å². The highest BCUT2D eigenvalue weighted by Crippen LogP contribution is 2.25. The van der Waals surface area contributed by atoms with Gasteiger partial charge in [0.2, 0.25) is 10.0 Å². The predicted octanol–water partition coefficient (Wildman–Crippen LogP) is 2.98. The number of rotatable bonds is 8. The Balaban J connectivity index is 2.10. The van der Waals surface area contributed by atoms with E-state index in [-0.39, 0.29) is 17.2 Å². The molecule has 1 aromatic carbocycles. The zero-order valence-corrected chi connectivity index (χ0v) is 16.9. The molecule has 2 rings (SSSR count). The molecule has 8 nitrogen and oxygen atoms in total. The van der Waals surface area contributed by atoms with Crippen molar-refractivity contribution in [2.75, 3.05) is 11.9 Å². The summed E-state index contributed by atoms with van der Waals surface area (Å²) in [5, 5.41) is 1.71. The lowest BCUT2D eigenvalue weighted by atomic mass is 10.0. The van der Waals surface area contributed by atoms with Gasteiger partial charge in [0.25, 0.3) is 10.1 Å². The van der Waals surface area contributed by atoms with Crippen molar-refractivity contribution in [2.24, 2.45) is 0 Å². The monoisotopic (exact) mass is 418 g/mol. The van der Waals surface area contributed by atoms with Gasteiger partial charge in [-0.25, -0.2) is 17.9 Å². The van der Waals surface area contributed by atoms with Crippen LogP contribution in [0, 0.1) is 0 Å². The van der Waals surface area contributed by atoms with Gasteiger partial charge in [-0.1, -0.05) is 44.7 Å². The summed E-state index contributed by atoms with van der Waals surface area (Å²) in [5.41, 5.74) is -0.0367. The Morgan fingerprint density at radius 1 is 1.11 bits per heavy atom. The number of hydrogen-bond donors (Lipinski definition) is 2. The maximum absolute atomic E-state index is 12.3. The normalized spacial score (nSPS) is 16.0. The predicted molar refractivity (Wildman–Crippen MR) is 102 cm³/mol. The third kappa shape index (κ3) is 6.18. The van der Waals surface area contributed by atoms with Gasteiger partial charge in [-0.3, -0.25) is 4.18 Å². The molecular weight excluding hydrogens is 392 g/mol. The Hall–Kier alpha value is -1.65. The summed E-state index contributed by atoms with van der Waals surface area (Å²) < 4.78 is 56.3. The topological polar surface area (TPSA) is 119 Å². The van der Waals surface area contributed by atoms with Crippen LogP contribution in [-0.4, -0.2) is 34.7 Å². The second-order valence-electron chi connectivity index (χ2n) is 6.49. The Kier molecular flexibility index (Phi) is 7.63. The van der Waals surface area contributed by atoms with Gasteiger partial charge >= 0.3 is 6.03 Å². The molecule has 0 radical (unpaired) electrons. The average molecular weight is 419 g/mol. The standard InChI is InChI=1S/C17H26N2O6S2/c1-2-3-13-25-27(23,24)16-12-8-7-11-15(16)18-17(20)19-26(21,22)14-9-5-4-6-10-14/h7-8,11-12,14H,2-6,9-10,13H2,1H3,(H2,18,19,20). The molecule has 0 unspecified atom stereocenters. The van der Waals surface area contributed by atoms with Gasteiger partial charge in [-0.2, -0.15) is 8.42 Å². The molecular formula is C17H26N2O6S2. The molecule has 10 heteroatoms. The van der Waals surface area contributed by atoms with Gasteiger partial charge in [0.1, 0.15) is 4.90 Å². The summed E-state index contributed by atoms with van der Waals surface area (Å²) >= 11 is 0. The Bertz CT molecular complexity index is 846. The fourth-order valence-corrected chi connectivity index (χ4v) is 5.43. The summed E-state index contributed by atoms with van der Waals surface area (Å²) in [7, 11) is -7.88. The molecule has 2 amide bonds. The molecule has 0 aliphatic heterocycles. The number of amides is 2. The maximum Gasteiger partial charge on any atom is 0.332 e. The number of hydrogen-bond acceptors (Lipinski definition) is 6. The molecule has 0 spiro atoms. The summed E-state index contributed by atoms with van der Waals surface area (Å²) in [6.07, 6.45) is 4.98. The van der Waals surface area contributed by atoms with Crippen LogP contribution in [0.1, 0.15) is 51.9 Å². The quantitative estimate of drug-likeness (QED) is 0.495. The van der Waals surface area contributed by atoms with E-state index in [0.717, 1.165) is 25.7 Å². The highest BCUT2D eigenvalue weighted by molar-refractivity contribution is 7.90. The zero-order chi connectivity index (χ0) is 19.9. The molecule has 0 heterocycles. The molecule has 0 atom stereocenters. The van der Waals surface area contributed by atoms with Crippen LogP contribution in [0.25, 0.3) is 0 Å². The van der Waals surface area contributed by atoms with Gasteiger partial charge in [-0.05, 0) is 31.4 Å². The maximum atomic E-state index is 12.3. The lowest BCUT2D eigenvalue weighted by Crippen LogP contribution is -2.41. The van der Waals surface area contributed by atoms with Crippen molar-refractivity contribution in [3.63, 3.8) is 0 Å². The second-order valence-corrected chi connectivity index (χ2v) is 10.0. The lowest BCUT2D eigenvalue weighted by molar-refractivity contribution is 0.256. The molecule has 1 fully saturated rings. The molecule has 0 saturated heterocycles. The van der Waals surface area contributed by atoms with E-state index in [0.29, 0.717) is 19.3 Å². The molecule has 0 bridgehead atoms. The summed E-state index contributed by atoms with van der Waals surface area (Å²) in [6, 6.07) is 4.72. The van der Waals surface area contributed by atoms with Crippen molar-refractivity contribution in [3.05, 3.63) is 24.3 Å². The Labute approximate surface area is 160 Å². The molecule has 27 heavy (non-hydrogen) atoms. The fourth-order valence-electron chi connectivity index (χ4n) is 2.90. The van der Waals surface area contributed by atoms with Crippen LogP contribution in [0.15, 0.2) is 29.2 Å². The van der Waals surface area contributed by atoms with E-state index in [1.807, 2.05) is 11.6 Å². The number of urea groups is 1. The summed E-state index contributed by atoms with van der Waals surface area (Å²) in [6.45, 7) is 1.94. The highest BCUT2D eigenvalue weighted by Gasteiger charge is 2.29. The van der Waals surface area contributed by atoms with Gasteiger partial charge in [0, 0.05) is 0 Å². The van der Waals surface area contributed by atoms with Gasteiger partial charge in [-0.15, -0.1) is 0 Å². The van der Waals surface area contributed by atoms with E-state index in [2.05, 4.69) is 5.32 Å². The Morgan fingerprint density at radius 3 is 2.44 bits per heavy atom. The van der Waals surface area contributed by atoms with E-state index in [4.69, 9.17) is 4.18 Å². The Morgan fingerprint density at radius 2 is 1.78 bits per heavy atom. The molecule has 1 saturated carbocycles. The fraction of sp³-hybridized carbons (Fsp3) is 0.588. The van der Waals surface area contributed by atoms with E-state index >= 15 is 0 Å². The van der Waals surface area contributed by atoms with Crippen molar-refractivity contribution in [3.8, 4) is 0 Å². The zero-order valence-electron chi connectivity index (χ0n) is 15.3. The number of carbonyl (C=O) groups excluding carboxylic acids is 1. The van der Waals surface area contributed by atoms with Crippen LogP contribution < -0.4 is 10.0 Å². The number of carbonyl (C=O) groups is 1. The summed E-state index contributed by atoms with van der Waals surface area (Å²) in [5.74, 6) is 0. The number of unbranched alkanes of at least 4 members (excludes halogenated alkanes) is 1. The van der Waals surface area contributed by atoms with Crippen LogP contribution in [0.5, 0.6) is 0 Å². The largest absolute Gasteiger partial charge is 0.332 e. The summed E-state index contributed by atoms with van der Waals surface area (Å²) in [4.78, 5) is 12.0. The minimum atomic E-state index is -4.06. The van der Waals surface area contributed by atoms with Crippen molar-refractivity contribution in [1.29, 1.82) is 0 Å². The molecule has 2 N–H and O–H groups in total. The first-order chi connectivity index (χ1) is 12.8. The first-order valence-electron chi connectivity index (χ1n) is 9.07. The lowest BCUT2D eigenvalue weighted by Gasteiger charge is -2.22. The molecule has 1 aromatic rings. The van der Waals surface area contributed by atoms with Crippen LogP contribution in [0.2, 0.25) is 0 Å². The van der Waals surface area contributed by atoms with Crippen molar-refractivity contribution < 1.29 is 25.8 Å². The van der Waals surface area contributed by atoms with Crippen molar-refractivity contribution in [2.45, 2.75) is 62.0 Å². The molecule has 1 aliphatic rings. The SMILES string of the molecule is CCCCOS(=O)(=O)c1ccccc1NC(=O)NS(=O)(=O)C1CCCCC1. The van der Waals surface area contributed by atoms with E-state index in [1.54, 1.807) is 0 Å². The number of anilines is 1. The van der Waals surface area contributed by atoms with Crippen LogP contribution in [0.3, 0.4) is 0 Å². The third-order valence-corrected chi connectivity index (χ3v) is 7.56. The van der Waals surface area contributed by atoms with E-state index in [1.165, 1.54) is 24.3 Å². The smallest absolute Gasteiger partial charge is 0.306 e. The van der Waals surface area contributed by atoms with Gasteiger partial charge in [0.05, 0.1) is 17.5 Å². The van der Waals surface area contributed by atoms with Crippen molar-refractivity contribution in [1.82, 2.24) is 4.72 Å². The van der Waals surface area contributed by atoms with Crippen LogP contribution >= 0.6 is 0 Å². The number of benzene rings is 1. The number of sulfonamides is 1. The third-order valence-electron chi connectivity index (χ3n) is 4.37. The highest BCUT2D eigenvalue weighted by atomic mass is 32.2.